The molecule has 2 aromatic heterocycles. The number of pyridine rings is 1. The standard InChI is InChI=1S/C23H18FN5O3/c1-14-18(13-27-29(14)20-8-3-2-7-19(20)24)23(31)28-16-9-10-21(26-12-16)32-17-6-4-5-15(11-17)22(25)30/h2-13H,1H3,(H2,25,30)(H,28,31). The molecule has 0 aliphatic rings. The maximum atomic E-state index is 14.1. The van der Waals surface area contributed by atoms with Crippen LogP contribution in [-0.2, 0) is 0 Å². The lowest BCUT2D eigenvalue weighted by Crippen LogP contribution is -2.13. The van der Waals surface area contributed by atoms with Crippen LogP contribution in [0.2, 0.25) is 0 Å². The maximum absolute atomic E-state index is 14.1. The third kappa shape index (κ3) is 4.31. The summed E-state index contributed by atoms with van der Waals surface area (Å²) in [5.74, 6) is -0.730. The molecule has 0 aliphatic heterocycles. The number of carbonyl (C=O) groups is 2. The van der Waals surface area contributed by atoms with Crippen LogP contribution in [0.25, 0.3) is 5.69 Å². The van der Waals surface area contributed by atoms with Crippen LogP contribution in [0, 0.1) is 12.7 Å². The van der Waals surface area contributed by atoms with Gasteiger partial charge in [0.2, 0.25) is 11.8 Å². The van der Waals surface area contributed by atoms with E-state index in [-0.39, 0.29) is 11.6 Å². The Labute approximate surface area is 182 Å². The van der Waals surface area contributed by atoms with E-state index in [0.717, 1.165) is 0 Å². The topological polar surface area (TPSA) is 112 Å². The predicted molar refractivity (Wildman–Crippen MR) is 115 cm³/mol. The number of carbonyl (C=O) groups excluding carboxylic acids is 2. The Morgan fingerprint density at radius 3 is 2.59 bits per heavy atom. The minimum Gasteiger partial charge on any atom is -0.439 e. The third-order valence-electron chi connectivity index (χ3n) is 4.67. The number of para-hydroxylation sites is 1. The third-order valence-corrected chi connectivity index (χ3v) is 4.67. The van der Waals surface area contributed by atoms with E-state index >= 15 is 0 Å². The molecule has 0 spiro atoms. The van der Waals surface area contributed by atoms with Crippen molar-refractivity contribution in [3.63, 3.8) is 0 Å². The van der Waals surface area contributed by atoms with Crippen molar-refractivity contribution in [2.45, 2.75) is 6.92 Å². The van der Waals surface area contributed by atoms with Gasteiger partial charge >= 0.3 is 0 Å². The fourth-order valence-electron chi connectivity index (χ4n) is 3.05. The van der Waals surface area contributed by atoms with Crippen molar-refractivity contribution in [3.05, 3.63) is 95.7 Å². The number of benzene rings is 2. The molecule has 4 aromatic rings. The van der Waals surface area contributed by atoms with Gasteiger partial charge in [-0.1, -0.05) is 18.2 Å². The predicted octanol–water partition coefficient (Wildman–Crippen LogP) is 3.86. The summed E-state index contributed by atoms with van der Waals surface area (Å²) in [7, 11) is 0. The van der Waals surface area contributed by atoms with Gasteiger partial charge in [-0.15, -0.1) is 0 Å². The number of anilines is 1. The number of nitrogens with one attached hydrogen (secondary N) is 1. The Morgan fingerprint density at radius 2 is 1.88 bits per heavy atom. The lowest BCUT2D eigenvalue weighted by Gasteiger charge is -2.08. The lowest BCUT2D eigenvalue weighted by molar-refractivity contribution is 0.0997. The molecule has 0 radical (unpaired) electrons. The van der Waals surface area contributed by atoms with Crippen molar-refractivity contribution < 1.29 is 18.7 Å². The molecule has 9 heteroatoms. The van der Waals surface area contributed by atoms with Crippen molar-refractivity contribution in [2.24, 2.45) is 5.73 Å². The Balaban J connectivity index is 1.46. The highest BCUT2D eigenvalue weighted by Gasteiger charge is 2.17. The van der Waals surface area contributed by atoms with E-state index in [2.05, 4.69) is 15.4 Å². The summed E-state index contributed by atoms with van der Waals surface area (Å²) in [5, 5.41) is 6.87. The second-order valence-electron chi connectivity index (χ2n) is 6.84. The number of nitrogens with zero attached hydrogens (tertiary/aromatic N) is 3. The number of halogens is 1. The van der Waals surface area contributed by atoms with Crippen molar-refractivity contribution in [2.75, 3.05) is 5.32 Å². The number of hydrogen-bond acceptors (Lipinski definition) is 5. The molecule has 160 valence electrons. The Bertz CT molecular complexity index is 1300. The van der Waals surface area contributed by atoms with Crippen LogP contribution in [0.5, 0.6) is 11.6 Å². The zero-order valence-electron chi connectivity index (χ0n) is 16.9. The largest absolute Gasteiger partial charge is 0.439 e. The molecule has 0 fully saturated rings. The highest BCUT2D eigenvalue weighted by molar-refractivity contribution is 6.04. The monoisotopic (exact) mass is 431 g/mol. The van der Waals surface area contributed by atoms with Crippen LogP contribution >= 0.6 is 0 Å². The highest BCUT2D eigenvalue weighted by Crippen LogP contribution is 2.22. The summed E-state index contributed by atoms with van der Waals surface area (Å²) >= 11 is 0. The van der Waals surface area contributed by atoms with Gasteiger partial charge in [0.15, 0.2) is 0 Å². The quantitative estimate of drug-likeness (QED) is 0.481. The van der Waals surface area contributed by atoms with E-state index in [4.69, 9.17) is 10.5 Å². The second kappa shape index (κ2) is 8.68. The van der Waals surface area contributed by atoms with Crippen molar-refractivity contribution in [1.29, 1.82) is 0 Å². The van der Waals surface area contributed by atoms with Gasteiger partial charge in [-0.05, 0) is 43.3 Å². The van der Waals surface area contributed by atoms with Gasteiger partial charge in [0.1, 0.15) is 17.3 Å². The minimum atomic E-state index is -0.560. The summed E-state index contributed by atoms with van der Waals surface area (Å²) in [4.78, 5) is 28.1. The first-order valence-corrected chi connectivity index (χ1v) is 9.57. The Kier molecular flexibility index (Phi) is 5.63. The molecule has 2 heterocycles. The van der Waals surface area contributed by atoms with Gasteiger partial charge in [0, 0.05) is 11.6 Å². The number of primary amides is 1. The molecular formula is C23H18FN5O3. The summed E-state index contributed by atoms with van der Waals surface area (Å²) in [6, 6.07) is 15.8. The molecule has 2 amide bonds. The molecule has 0 aliphatic carbocycles. The molecule has 0 saturated carbocycles. The number of hydrogen-bond donors (Lipinski definition) is 2. The smallest absolute Gasteiger partial charge is 0.259 e. The van der Waals surface area contributed by atoms with Crippen LogP contribution in [0.3, 0.4) is 0 Å². The van der Waals surface area contributed by atoms with Crippen molar-refractivity contribution in [3.8, 4) is 17.3 Å². The molecule has 8 nitrogen and oxygen atoms in total. The van der Waals surface area contributed by atoms with Crippen LogP contribution in [-0.4, -0.2) is 26.6 Å². The fourth-order valence-corrected chi connectivity index (χ4v) is 3.05. The molecule has 0 unspecified atom stereocenters. The summed E-state index contributed by atoms with van der Waals surface area (Å²) < 4.78 is 21.1. The number of nitrogens with two attached hydrogens (primary N) is 1. The Morgan fingerprint density at radius 1 is 1.06 bits per heavy atom. The molecular weight excluding hydrogens is 413 g/mol. The van der Waals surface area contributed by atoms with E-state index in [1.807, 2.05) is 0 Å². The van der Waals surface area contributed by atoms with Crippen molar-refractivity contribution in [1.82, 2.24) is 14.8 Å². The van der Waals surface area contributed by atoms with E-state index < -0.39 is 17.6 Å². The van der Waals surface area contributed by atoms with E-state index in [9.17, 15) is 14.0 Å². The molecule has 0 atom stereocenters. The first-order valence-electron chi connectivity index (χ1n) is 9.57. The first kappa shape index (κ1) is 20.7. The lowest BCUT2D eigenvalue weighted by atomic mass is 10.2. The molecule has 2 aromatic carbocycles. The number of ether oxygens (including phenoxy) is 1. The average Bonchev–Trinajstić information content (AvgIpc) is 3.17. The minimum absolute atomic E-state index is 0.257. The van der Waals surface area contributed by atoms with E-state index in [1.54, 1.807) is 55.5 Å². The van der Waals surface area contributed by atoms with Gasteiger partial charge in [-0.25, -0.2) is 14.1 Å². The molecule has 4 rings (SSSR count). The number of aromatic nitrogens is 3. The number of amides is 2. The maximum Gasteiger partial charge on any atom is 0.259 e. The SMILES string of the molecule is Cc1c(C(=O)Nc2ccc(Oc3cccc(C(N)=O)c3)nc2)cnn1-c1ccccc1F. The van der Waals surface area contributed by atoms with Gasteiger partial charge in [-0.2, -0.15) is 5.10 Å². The van der Waals surface area contributed by atoms with Crippen LogP contribution in [0.15, 0.2) is 73.1 Å². The summed E-state index contributed by atoms with van der Waals surface area (Å²) in [6.07, 6.45) is 2.82. The van der Waals surface area contributed by atoms with Gasteiger partial charge < -0.3 is 15.8 Å². The highest BCUT2D eigenvalue weighted by atomic mass is 19.1. The van der Waals surface area contributed by atoms with Crippen molar-refractivity contribution >= 4 is 17.5 Å². The molecule has 0 bridgehead atoms. The summed E-state index contributed by atoms with van der Waals surface area (Å²) in [6.45, 7) is 1.68. The average molecular weight is 431 g/mol. The van der Waals surface area contributed by atoms with Crippen LogP contribution in [0.1, 0.15) is 26.4 Å². The fraction of sp³-hybridized carbons (Fsp3) is 0.0435. The zero-order valence-corrected chi connectivity index (χ0v) is 16.9. The Hall–Kier alpha value is -4.53. The number of rotatable bonds is 6. The van der Waals surface area contributed by atoms with Gasteiger partial charge in [-0.3, -0.25) is 9.59 Å². The normalized spacial score (nSPS) is 10.6. The molecule has 3 N–H and O–H groups in total. The van der Waals surface area contributed by atoms with Crippen LogP contribution in [0.4, 0.5) is 10.1 Å². The van der Waals surface area contributed by atoms with Gasteiger partial charge in [0.25, 0.3) is 5.91 Å². The molecule has 0 saturated heterocycles. The summed E-state index contributed by atoms with van der Waals surface area (Å²) in [5.41, 5.74) is 7.08. The second-order valence-corrected chi connectivity index (χ2v) is 6.84. The van der Waals surface area contributed by atoms with Gasteiger partial charge in [0.05, 0.1) is 29.3 Å². The van der Waals surface area contributed by atoms with Crippen LogP contribution < -0.4 is 15.8 Å². The first-order chi connectivity index (χ1) is 15.4. The van der Waals surface area contributed by atoms with E-state index in [1.165, 1.54) is 29.2 Å². The molecule has 32 heavy (non-hydrogen) atoms. The van der Waals surface area contributed by atoms with E-state index in [0.29, 0.717) is 28.3 Å². The zero-order chi connectivity index (χ0) is 22.7.